The number of nitrogens with zero attached hydrogens (tertiary/aromatic N) is 1. The summed E-state index contributed by atoms with van der Waals surface area (Å²) in [6.45, 7) is 2.12. The minimum atomic E-state index is -0.855. The number of aliphatic carboxylic acids is 1. The molecule has 2 aliphatic rings. The summed E-state index contributed by atoms with van der Waals surface area (Å²) in [5.41, 5.74) is 0. The van der Waals surface area contributed by atoms with E-state index in [9.17, 15) is 14.7 Å². The van der Waals surface area contributed by atoms with Gasteiger partial charge in [0.2, 0.25) is 5.91 Å². The van der Waals surface area contributed by atoms with Crippen LogP contribution in [0, 0.1) is 0 Å². The minimum absolute atomic E-state index is 0.108. The molecule has 138 valence electrons. The van der Waals surface area contributed by atoms with Crippen LogP contribution < -0.4 is 5.32 Å². The lowest BCUT2D eigenvalue weighted by Gasteiger charge is -2.42. The van der Waals surface area contributed by atoms with Crippen LogP contribution in [-0.4, -0.2) is 46.6 Å². The van der Waals surface area contributed by atoms with Crippen molar-refractivity contribution in [3.63, 3.8) is 0 Å². The molecule has 0 aromatic carbocycles. The first kappa shape index (κ1) is 19.2. The maximum Gasteiger partial charge on any atom is 0.320 e. The Hall–Kier alpha value is -1.10. The van der Waals surface area contributed by atoms with Crippen LogP contribution in [0.5, 0.6) is 0 Å². The quantitative estimate of drug-likeness (QED) is 0.712. The van der Waals surface area contributed by atoms with Gasteiger partial charge in [-0.05, 0) is 32.1 Å². The summed E-state index contributed by atoms with van der Waals surface area (Å²) in [6, 6.07) is 0.120. The van der Waals surface area contributed by atoms with Gasteiger partial charge in [0, 0.05) is 12.1 Å². The molecule has 0 spiro atoms. The normalized spacial score (nSPS) is 21.4. The highest BCUT2D eigenvalue weighted by molar-refractivity contribution is 5.80. The van der Waals surface area contributed by atoms with Gasteiger partial charge in [0.15, 0.2) is 0 Å². The van der Waals surface area contributed by atoms with E-state index in [0.29, 0.717) is 18.5 Å². The van der Waals surface area contributed by atoms with Crippen LogP contribution in [0.4, 0.5) is 0 Å². The van der Waals surface area contributed by atoms with Crippen LogP contribution in [0.1, 0.15) is 84.0 Å². The first-order valence-electron chi connectivity index (χ1n) is 9.90. The van der Waals surface area contributed by atoms with Gasteiger partial charge in [-0.2, -0.15) is 0 Å². The fourth-order valence-electron chi connectivity index (χ4n) is 4.33. The fraction of sp³-hybridized carbons (Fsp3) is 0.895. The van der Waals surface area contributed by atoms with E-state index in [2.05, 4.69) is 10.2 Å². The SMILES string of the molecule is CCCC(NCC(=O)N(C1CCCCC1)C1CCCCC1)C(=O)O. The first-order chi connectivity index (χ1) is 11.6. The highest BCUT2D eigenvalue weighted by Crippen LogP contribution is 2.30. The van der Waals surface area contributed by atoms with E-state index >= 15 is 0 Å². The van der Waals surface area contributed by atoms with E-state index in [1.807, 2.05) is 6.92 Å². The van der Waals surface area contributed by atoms with Gasteiger partial charge in [0.1, 0.15) is 6.04 Å². The van der Waals surface area contributed by atoms with Crippen molar-refractivity contribution in [1.29, 1.82) is 0 Å². The van der Waals surface area contributed by atoms with E-state index in [1.165, 1.54) is 38.5 Å². The third kappa shape index (κ3) is 5.47. The molecule has 1 unspecified atom stereocenters. The van der Waals surface area contributed by atoms with Crippen LogP contribution in [-0.2, 0) is 9.59 Å². The smallest absolute Gasteiger partial charge is 0.320 e. The molecule has 1 atom stereocenters. The Morgan fingerprint density at radius 3 is 1.92 bits per heavy atom. The molecule has 0 aromatic heterocycles. The number of carbonyl (C=O) groups is 2. The molecule has 1 amide bonds. The van der Waals surface area contributed by atoms with Gasteiger partial charge < -0.3 is 10.0 Å². The highest BCUT2D eigenvalue weighted by atomic mass is 16.4. The van der Waals surface area contributed by atoms with Crippen LogP contribution >= 0.6 is 0 Å². The second kappa shape index (κ2) is 10.0. The van der Waals surface area contributed by atoms with Gasteiger partial charge in [-0.1, -0.05) is 51.9 Å². The largest absolute Gasteiger partial charge is 0.480 e. The molecule has 2 aliphatic carbocycles. The lowest BCUT2D eigenvalue weighted by molar-refractivity contribution is -0.140. The standard InChI is InChI=1S/C19H34N2O3/c1-2-9-17(19(23)24)20-14-18(22)21(15-10-5-3-6-11-15)16-12-7-4-8-13-16/h15-17,20H,2-14H2,1H3,(H,23,24). The molecular formula is C19H34N2O3. The molecule has 2 N–H and O–H groups in total. The van der Waals surface area contributed by atoms with Gasteiger partial charge >= 0.3 is 5.97 Å². The van der Waals surface area contributed by atoms with E-state index in [4.69, 9.17) is 0 Å². The van der Waals surface area contributed by atoms with Crippen molar-refractivity contribution >= 4 is 11.9 Å². The first-order valence-corrected chi connectivity index (χ1v) is 9.90. The highest BCUT2D eigenvalue weighted by Gasteiger charge is 2.32. The summed E-state index contributed by atoms with van der Waals surface area (Å²) in [4.78, 5) is 26.4. The number of hydrogen-bond donors (Lipinski definition) is 2. The Morgan fingerprint density at radius 1 is 1.00 bits per heavy atom. The van der Waals surface area contributed by atoms with Crippen molar-refractivity contribution in [2.24, 2.45) is 0 Å². The van der Waals surface area contributed by atoms with Crippen molar-refractivity contribution in [3.05, 3.63) is 0 Å². The maximum absolute atomic E-state index is 12.9. The van der Waals surface area contributed by atoms with Gasteiger partial charge in [0.05, 0.1) is 6.54 Å². The monoisotopic (exact) mass is 338 g/mol. The van der Waals surface area contributed by atoms with Crippen molar-refractivity contribution < 1.29 is 14.7 Å². The molecule has 2 saturated carbocycles. The van der Waals surface area contributed by atoms with Crippen LogP contribution in [0.3, 0.4) is 0 Å². The molecule has 5 heteroatoms. The maximum atomic E-state index is 12.9. The number of carboxylic acids is 1. The Balaban J connectivity index is 1.98. The Morgan fingerprint density at radius 2 is 1.50 bits per heavy atom. The van der Waals surface area contributed by atoms with Crippen molar-refractivity contribution in [3.8, 4) is 0 Å². The summed E-state index contributed by atoms with van der Waals surface area (Å²) in [5.74, 6) is -0.748. The molecule has 0 aliphatic heterocycles. The lowest BCUT2D eigenvalue weighted by atomic mass is 9.88. The van der Waals surface area contributed by atoms with Crippen molar-refractivity contribution in [1.82, 2.24) is 10.2 Å². The zero-order valence-corrected chi connectivity index (χ0v) is 15.1. The van der Waals surface area contributed by atoms with Crippen LogP contribution in [0.15, 0.2) is 0 Å². The Bertz CT molecular complexity index is 383. The van der Waals surface area contributed by atoms with Crippen molar-refractivity contribution in [2.75, 3.05) is 6.54 Å². The molecule has 0 saturated heterocycles. The second-order valence-electron chi connectivity index (χ2n) is 7.45. The second-order valence-corrected chi connectivity index (χ2v) is 7.45. The molecule has 2 fully saturated rings. The number of rotatable bonds is 8. The molecule has 0 bridgehead atoms. The Labute approximate surface area is 146 Å². The van der Waals surface area contributed by atoms with Gasteiger partial charge in [-0.25, -0.2) is 0 Å². The number of nitrogens with one attached hydrogen (secondary N) is 1. The predicted octanol–water partition coefficient (Wildman–Crippen LogP) is 3.32. The topological polar surface area (TPSA) is 69.6 Å². The van der Waals surface area contributed by atoms with E-state index in [1.54, 1.807) is 0 Å². The molecule has 0 aromatic rings. The average molecular weight is 338 g/mol. The third-order valence-corrected chi connectivity index (χ3v) is 5.60. The zero-order chi connectivity index (χ0) is 17.4. The van der Waals surface area contributed by atoms with Gasteiger partial charge in [-0.15, -0.1) is 0 Å². The summed E-state index contributed by atoms with van der Waals surface area (Å²) < 4.78 is 0. The van der Waals surface area contributed by atoms with Gasteiger partial charge in [0.25, 0.3) is 0 Å². The number of carboxylic acid groups (broad SMARTS) is 1. The molecule has 24 heavy (non-hydrogen) atoms. The summed E-state index contributed by atoms with van der Waals surface area (Å²) in [6.07, 6.45) is 13.2. The van der Waals surface area contributed by atoms with Crippen LogP contribution in [0.25, 0.3) is 0 Å². The number of carbonyl (C=O) groups excluding carboxylic acids is 1. The Kier molecular flexibility index (Phi) is 8.03. The van der Waals surface area contributed by atoms with Gasteiger partial charge in [-0.3, -0.25) is 14.9 Å². The average Bonchev–Trinajstić information content (AvgIpc) is 2.60. The van der Waals surface area contributed by atoms with E-state index < -0.39 is 12.0 Å². The van der Waals surface area contributed by atoms with Crippen molar-refractivity contribution in [2.45, 2.75) is 102 Å². The minimum Gasteiger partial charge on any atom is -0.480 e. The van der Waals surface area contributed by atoms with E-state index in [0.717, 1.165) is 32.1 Å². The third-order valence-electron chi connectivity index (χ3n) is 5.60. The molecule has 0 heterocycles. The number of hydrogen-bond acceptors (Lipinski definition) is 3. The summed E-state index contributed by atoms with van der Waals surface area (Å²) in [5, 5.41) is 12.3. The predicted molar refractivity (Wildman–Crippen MR) is 94.9 cm³/mol. The fourth-order valence-corrected chi connectivity index (χ4v) is 4.33. The summed E-state index contributed by atoms with van der Waals surface area (Å²) >= 11 is 0. The van der Waals surface area contributed by atoms with E-state index in [-0.39, 0.29) is 12.5 Å². The molecular weight excluding hydrogens is 304 g/mol. The summed E-state index contributed by atoms with van der Waals surface area (Å²) in [7, 11) is 0. The number of amides is 1. The molecule has 0 radical (unpaired) electrons. The molecule has 2 rings (SSSR count). The van der Waals surface area contributed by atoms with Crippen LogP contribution in [0.2, 0.25) is 0 Å². The lowest BCUT2D eigenvalue weighted by Crippen LogP contribution is -2.53. The molecule has 5 nitrogen and oxygen atoms in total. The zero-order valence-electron chi connectivity index (χ0n) is 15.1.